The molecule has 5 heteroatoms. The molecule has 2 atom stereocenters. The highest BCUT2D eigenvalue weighted by atomic mass is 16.3. The minimum atomic E-state index is -0.661. The molecule has 80 valence electrons. The monoisotopic (exact) mass is 200 g/mol. The summed E-state index contributed by atoms with van der Waals surface area (Å²) in [5, 5.41) is 14.2. The third kappa shape index (κ3) is 2.45. The Morgan fingerprint density at radius 1 is 1.79 bits per heavy atom. The maximum atomic E-state index is 11.6. The fourth-order valence-corrected chi connectivity index (χ4v) is 1.39. The van der Waals surface area contributed by atoms with E-state index in [-0.39, 0.29) is 24.8 Å². The van der Waals surface area contributed by atoms with Crippen LogP contribution in [0.4, 0.5) is 0 Å². The van der Waals surface area contributed by atoms with Crippen LogP contribution >= 0.6 is 0 Å². The summed E-state index contributed by atoms with van der Waals surface area (Å²) in [6.07, 6.45) is -0.342. The molecule has 0 bridgehead atoms. The van der Waals surface area contributed by atoms with Crippen molar-refractivity contribution in [2.45, 2.75) is 26.4 Å². The van der Waals surface area contributed by atoms with Gasteiger partial charge in [0.05, 0.1) is 11.5 Å². The van der Waals surface area contributed by atoms with Crippen molar-refractivity contribution in [3.8, 4) is 0 Å². The van der Waals surface area contributed by atoms with Crippen LogP contribution in [0.15, 0.2) is 0 Å². The number of hydrogen-bond donors (Lipinski definition) is 3. The SMILES string of the molecule is CC(O)CNC(=O)C1(C)CNC(=O)C1. The van der Waals surface area contributed by atoms with Crippen molar-refractivity contribution < 1.29 is 14.7 Å². The first kappa shape index (κ1) is 11.0. The number of carbonyl (C=O) groups excluding carboxylic acids is 2. The van der Waals surface area contributed by atoms with E-state index < -0.39 is 11.5 Å². The molecule has 2 unspecified atom stereocenters. The zero-order valence-corrected chi connectivity index (χ0v) is 8.46. The van der Waals surface area contributed by atoms with E-state index in [2.05, 4.69) is 10.6 Å². The van der Waals surface area contributed by atoms with Crippen molar-refractivity contribution in [2.24, 2.45) is 5.41 Å². The van der Waals surface area contributed by atoms with E-state index in [0.29, 0.717) is 6.54 Å². The minimum absolute atomic E-state index is 0.0975. The molecular weight excluding hydrogens is 184 g/mol. The molecule has 1 rings (SSSR count). The molecule has 1 fully saturated rings. The maximum Gasteiger partial charge on any atom is 0.228 e. The lowest BCUT2D eigenvalue weighted by Crippen LogP contribution is -2.42. The number of carbonyl (C=O) groups is 2. The average molecular weight is 200 g/mol. The van der Waals surface area contributed by atoms with Crippen molar-refractivity contribution in [2.75, 3.05) is 13.1 Å². The fourth-order valence-electron chi connectivity index (χ4n) is 1.39. The molecule has 0 aromatic rings. The van der Waals surface area contributed by atoms with Crippen molar-refractivity contribution >= 4 is 11.8 Å². The van der Waals surface area contributed by atoms with Crippen LogP contribution in [0.25, 0.3) is 0 Å². The van der Waals surface area contributed by atoms with Crippen molar-refractivity contribution in [3.05, 3.63) is 0 Å². The van der Waals surface area contributed by atoms with Gasteiger partial charge in [-0.3, -0.25) is 9.59 Å². The fraction of sp³-hybridized carbons (Fsp3) is 0.778. The zero-order chi connectivity index (χ0) is 10.8. The molecule has 1 aliphatic heterocycles. The van der Waals surface area contributed by atoms with Crippen LogP contribution in [0.1, 0.15) is 20.3 Å². The van der Waals surface area contributed by atoms with Crippen molar-refractivity contribution in [1.29, 1.82) is 0 Å². The summed E-state index contributed by atoms with van der Waals surface area (Å²) in [7, 11) is 0. The third-order valence-electron chi connectivity index (χ3n) is 2.33. The van der Waals surface area contributed by atoms with Crippen LogP contribution in [-0.2, 0) is 9.59 Å². The van der Waals surface area contributed by atoms with Crippen LogP contribution in [0, 0.1) is 5.41 Å². The lowest BCUT2D eigenvalue weighted by molar-refractivity contribution is -0.131. The number of hydrogen-bond acceptors (Lipinski definition) is 3. The summed E-state index contributed by atoms with van der Waals surface area (Å²) < 4.78 is 0. The summed E-state index contributed by atoms with van der Waals surface area (Å²) in [5.74, 6) is -0.281. The van der Waals surface area contributed by atoms with Crippen LogP contribution in [0.2, 0.25) is 0 Å². The highest BCUT2D eigenvalue weighted by Gasteiger charge is 2.40. The molecule has 0 radical (unpaired) electrons. The van der Waals surface area contributed by atoms with Gasteiger partial charge in [-0.15, -0.1) is 0 Å². The highest BCUT2D eigenvalue weighted by Crippen LogP contribution is 2.25. The standard InChI is InChI=1S/C9H16N2O3/c1-6(12)4-10-8(14)9(2)3-7(13)11-5-9/h6,12H,3-5H2,1-2H3,(H,10,14)(H,11,13). The van der Waals surface area contributed by atoms with Gasteiger partial charge in [-0.25, -0.2) is 0 Å². The first-order chi connectivity index (χ1) is 6.44. The summed E-state index contributed by atoms with van der Waals surface area (Å²) in [6, 6.07) is 0. The van der Waals surface area contributed by atoms with E-state index in [1.807, 2.05) is 0 Å². The zero-order valence-electron chi connectivity index (χ0n) is 8.46. The van der Waals surface area contributed by atoms with Gasteiger partial charge in [-0.05, 0) is 13.8 Å². The Hall–Kier alpha value is -1.10. The lowest BCUT2D eigenvalue weighted by atomic mass is 9.88. The van der Waals surface area contributed by atoms with E-state index in [0.717, 1.165) is 0 Å². The molecule has 14 heavy (non-hydrogen) atoms. The van der Waals surface area contributed by atoms with E-state index in [1.165, 1.54) is 0 Å². The molecule has 0 spiro atoms. The normalized spacial score (nSPS) is 28.4. The van der Waals surface area contributed by atoms with Crippen LogP contribution in [0.5, 0.6) is 0 Å². The number of nitrogens with one attached hydrogen (secondary N) is 2. The second kappa shape index (κ2) is 3.96. The van der Waals surface area contributed by atoms with Gasteiger partial charge in [0.15, 0.2) is 0 Å². The van der Waals surface area contributed by atoms with E-state index in [4.69, 9.17) is 5.11 Å². The molecule has 3 N–H and O–H groups in total. The van der Waals surface area contributed by atoms with E-state index >= 15 is 0 Å². The molecule has 1 saturated heterocycles. The molecule has 2 amide bonds. The molecule has 0 aromatic carbocycles. The number of aliphatic hydroxyl groups excluding tert-OH is 1. The third-order valence-corrected chi connectivity index (χ3v) is 2.33. The predicted molar refractivity (Wildman–Crippen MR) is 50.4 cm³/mol. The minimum Gasteiger partial charge on any atom is -0.392 e. The molecule has 0 saturated carbocycles. The Kier molecular flexibility index (Phi) is 3.10. The summed E-state index contributed by atoms with van der Waals surface area (Å²) in [5.41, 5.74) is -0.661. The molecule has 1 heterocycles. The Morgan fingerprint density at radius 2 is 2.43 bits per heavy atom. The number of rotatable bonds is 3. The molecule has 1 aliphatic rings. The molecule has 0 aliphatic carbocycles. The van der Waals surface area contributed by atoms with Crippen molar-refractivity contribution in [1.82, 2.24) is 10.6 Å². The predicted octanol–water partition coefficient (Wildman–Crippen LogP) is -0.990. The van der Waals surface area contributed by atoms with Gasteiger partial charge >= 0.3 is 0 Å². The number of aliphatic hydroxyl groups is 1. The van der Waals surface area contributed by atoms with Gasteiger partial charge in [0.2, 0.25) is 11.8 Å². The van der Waals surface area contributed by atoms with Gasteiger partial charge in [-0.1, -0.05) is 0 Å². The van der Waals surface area contributed by atoms with E-state index in [1.54, 1.807) is 13.8 Å². The molecule has 0 aromatic heterocycles. The highest BCUT2D eigenvalue weighted by molar-refractivity contribution is 5.92. The lowest BCUT2D eigenvalue weighted by Gasteiger charge is -2.20. The Balaban J connectivity index is 2.47. The van der Waals surface area contributed by atoms with Crippen LogP contribution in [-0.4, -0.2) is 36.1 Å². The second-order valence-corrected chi connectivity index (χ2v) is 4.07. The second-order valence-electron chi connectivity index (χ2n) is 4.07. The summed E-state index contributed by atoms with van der Waals surface area (Å²) in [4.78, 5) is 22.6. The van der Waals surface area contributed by atoms with Crippen molar-refractivity contribution in [3.63, 3.8) is 0 Å². The average Bonchev–Trinajstić information content (AvgIpc) is 2.43. The van der Waals surface area contributed by atoms with Gasteiger partial charge in [-0.2, -0.15) is 0 Å². The maximum absolute atomic E-state index is 11.6. The van der Waals surface area contributed by atoms with E-state index in [9.17, 15) is 9.59 Å². The summed E-state index contributed by atoms with van der Waals surface area (Å²) in [6.45, 7) is 3.93. The van der Waals surface area contributed by atoms with Crippen LogP contribution < -0.4 is 10.6 Å². The first-order valence-electron chi connectivity index (χ1n) is 4.67. The Bertz CT molecular complexity index is 252. The van der Waals surface area contributed by atoms with Gasteiger partial charge in [0.1, 0.15) is 0 Å². The summed E-state index contributed by atoms with van der Waals surface area (Å²) >= 11 is 0. The molecular formula is C9H16N2O3. The Morgan fingerprint density at radius 3 is 2.86 bits per heavy atom. The smallest absolute Gasteiger partial charge is 0.228 e. The number of amides is 2. The first-order valence-corrected chi connectivity index (χ1v) is 4.67. The molecule has 5 nitrogen and oxygen atoms in total. The van der Waals surface area contributed by atoms with Gasteiger partial charge in [0.25, 0.3) is 0 Å². The Labute approximate surface area is 82.9 Å². The van der Waals surface area contributed by atoms with Gasteiger partial charge < -0.3 is 15.7 Å². The van der Waals surface area contributed by atoms with Crippen LogP contribution in [0.3, 0.4) is 0 Å². The topological polar surface area (TPSA) is 78.4 Å². The largest absolute Gasteiger partial charge is 0.392 e. The quantitative estimate of drug-likeness (QED) is 0.547. The van der Waals surface area contributed by atoms with Gasteiger partial charge in [0, 0.05) is 19.5 Å².